The molecule has 0 aromatic heterocycles. The molecule has 0 aliphatic heterocycles. The predicted octanol–water partition coefficient (Wildman–Crippen LogP) is 1.52. The third kappa shape index (κ3) is 2.81. The summed E-state index contributed by atoms with van der Waals surface area (Å²) in [6, 6.07) is 0. The van der Waals surface area contributed by atoms with E-state index >= 15 is 0 Å². The van der Waals surface area contributed by atoms with Crippen LogP contribution in [0.4, 0.5) is 0 Å². The van der Waals surface area contributed by atoms with Crippen molar-refractivity contribution in [1.29, 1.82) is 5.41 Å². The van der Waals surface area contributed by atoms with Crippen molar-refractivity contribution in [3.05, 3.63) is 0 Å². The summed E-state index contributed by atoms with van der Waals surface area (Å²) < 4.78 is 5.36. The van der Waals surface area contributed by atoms with Crippen molar-refractivity contribution in [3.63, 3.8) is 0 Å². The maximum absolute atomic E-state index is 7.10. The molecule has 1 fully saturated rings. The molecule has 0 aromatic rings. The van der Waals surface area contributed by atoms with Gasteiger partial charge in [-0.3, -0.25) is 5.41 Å². The molecule has 0 aromatic carbocycles. The molecule has 0 spiro atoms. The molecule has 0 saturated heterocycles. The Morgan fingerprint density at radius 1 is 1.67 bits per heavy atom. The van der Waals surface area contributed by atoms with Gasteiger partial charge in [-0.05, 0) is 19.3 Å². The van der Waals surface area contributed by atoms with Crippen molar-refractivity contribution in [3.8, 4) is 0 Å². The molecule has 1 rings (SSSR count). The second kappa shape index (κ2) is 4.45. The van der Waals surface area contributed by atoms with Crippen LogP contribution in [0.15, 0.2) is 0 Å². The average Bonchev–Trinajstić information content (AvgIpc) is 1.93. The van der Waals surface area contributed by atoms with Crippen molar-refractivity contribution in [2.75, 3.05) is 6.61 Å². The number of nitrogens with one attached hydrogen (secondary N) is 1. The SMILES string of the molecule is CC(OCCC1CCC1)C(=N)N. The largest absolute Gasteiger partial charge is 0.385 e. The Balaban J connectivity index is 1.97. The van der Waals surface area contributed by atoms with E-state index in [1.807, 2.05) is 6.92 Å². The number of hydrogen-bond donors (Lipinski definition) is 2. The van der Waals surface area contributed by atoms with Gasteiger partial charge in [-0.1, -0.05) is 19.3 Å². The third-order valence-electron chi connectivity index (χ3n) is 2.56. The van der Waals surface area contributed by atoms with E-state index < -0.39 is 0 Å². The first kappa shape index (κ1) is 9.52. The van der Waals surface area contributed by atoms with Crippen molar-refractivity contribution < 1.29 is 4.74 Å². The van der Waals surface area contributed by atoms with Crippen LogP contribution in [0.2, 0.25) is 0 Å². The lowest BCUT2D eigenvalue weighted by Gasteiger charge is -2.25. The Hall–Kier alpha value is -0.570. The van der Waals surface area contributed by atoms with E-state index in [1.54, 1.807) is 0 Å². The fraction of sp³-hybridized carbons (Fsp3) is 0.889. The minimum Gasteiger partial charge on any atom is -0.385 e. The van der Waals surface area contributed by atoms with E-state index in [9.17, 15) is 0 Å². The van der Waals surface area contributed by atoms with Gasteiger partial charge in [0, 0.05) is 6.61 Å². The predicted molar refractivity (Wildman–Crippen MR) is 49.3 cm³/mol. The van der Waals surface area contributed by atoms with Gasteiger partial charge in [0.25, 0.3) is 0 Å². The second-order valence-electron chi connectivity index (χ2n) is 3.55. The Morgan fingerprint density at radius 2 is 2.33 bits per heavy atom. The molecule has 0 bridgehead atoms. The zero-order valence-corrected chi connectivity index (χ0v) is 7.68. The van der Waals surface area contributed by atoms with Crippen LogP contribution in [-0.2, 0) is 4.74 Å². The Morgan fingerprint density at radius 3 is 2.75 bits per heavy atom. The summed E-state index contributed by atoms with van der Waals surface area (Å²) in [6.45, 7) is 2.58. The third-order valence-corrected chi connectivity index (χ3v) is 2.56. The van der Waals surface area contributed by atoms with Crippen LogP contribution in [0, 0.1) is 11.3 Å². The number of rotatable bonds is 5. The zero-order chi connectivity index (χ0) is 8.97. The van der Waals surface area contributed by atoms with Crippen molar-refractivity contribution >= 4 is 5.84 Å². The van der Waals surface area contributed by atoms with Gasteiger partial charge in [0.1, 0.15) is 11.9 Å². The van der Waals surface area contributed by atoms with Gasteiger partial charge in [-0.15, -0.1) is 0 Å². The van der Waals surface area contributed by atoms with Crippen LogP contribution in [0.25, 0.3) is 0 Å². The van der Waals surface area contributed by atoms with Crippen molar-refractivity contribution in [2.24, 2.45) is 11.7 Å². The van der Waals surface area contributed by atoms with Crippen LogP contribution >= 0.6 is 0 Å². The molecule has 70 valence electrons. The summed E-state index contributed by atoms with van der Waals surface area (Å²) in [7, 11) is 0. The Bertz CT molecular complexity index is 155. The molecular weight excluding hydrogens is 152 g/mol. The first-order chi connectivity index (χ1) is 5.70. The van der Waals surface area contributed by atoms with Gasteiger partial charge in [0.05, 0.1) is 0 Å². The summed E-state index contributed by atoms with van der Waals surface area (Å²) in [5, 5.41) is 7.10. The van der Waals surface area contributed by atoms with Crippen LogP contribution < -0.4 is 5.73 Å². The summed E-state index contributed by atoms with van der Waals surface area (Å²) in [5.74, 6) is 1.01. The van der Waals surface area contributed by atoms with Gasteiger partial charge in [-0.2, -0.15) is 0 Å². The van der Waals surface area contributed by atoms with Crippen molar-refractivity contribution in [1.82, 2.24) is 0 Å². The zero-order valence-electron chi connectivity index (χ0n) is 7.68. The molecule has 1 aliphatic carbocycles. The lowest BCUT2D eigenvalue weighted by Crippen LogP contribution is -2.28. The molecular formula is C9H18N2O. The van der Waals surface area contributed by atoms with Crippen molar-refractivity contribution in [2.45, 2.75) is 38.7 Å². The molecule has 0 amide bonds. The summed E-state index contributed by atoms with van der Waals surface area (Å²) >= 11 is 0. The van der Waals surface area contributed by atoms with Crippen LogP contribution in [-0.4, -0.2) is 18.5 Å². The van der Waals surface area contributed by atoms with E-state index in [-0.39, 0.29) is 11.9 Å². The molecule has 3 heteroatoms. The molecule has 0 radical (unpaired) electrons. The normalized spacial score (nSPS) is 20.1. The molecule has 3 nitrogen and oxygen atoms in total. The van der Waals surface area contributed by atoms with Crippen LogP contribution in [0.1, 0.15) is 32.6 Å². The summed E-state index contributed by atoms with van der Waals surface area (Å²) in [6.07, 6.45) is 5.03. The maximum atomic E-state index is 7.10. The van der Waals surface area contributed by atoms with E-state index in [0.717, 1.165) is 18.9 Å². The fourth-order valence-electron chi connectivity index (χ4n) is 1.28. The minimum atomic E-state index is -0.204. The molecule has 1 aliphatic rings. The van der Waals surface area contributed by atoms with Gasteiger partial charge in [-0.25, -0.2) is 0 Å². The highest BCUT2D eigenvalue weighted by Gasteiger charge is 2.17. The molecule has 0 heterocycles. The number of nitrogens with two attached hydrogens (primary N) is 1. The maximum Gasteiger partial charge on any atom is 0.120 e. The molecule has 3 N–H and O–H groups in total. The van der Waals surface area contributed by atoms with Gasteiger partial charge >= 0.3 is 0 Å². The lowest BCUT2D eigenvalue weighted by atomic mass is 9.83. The highest BCUT2D eigenvalue weighted by molar-refractivity contribution is 5.81. The molecule has 1 saturated carbocycles. The number of hydrogen-bond acceptors (Lipinski definition) is 2. The fourth-order valence-corrected chi connectivity index (χ4v) is 1.28. The van der Waals surface area contributed by atoms with Gasteiger partial charge in [0.15, 0.2) is 0 Å². The van der Waals surface area contributed by atoms with Gasteiger partial charge in [0.2, 0.25) is 0 Å². The number of amidine groups is 1. The summed E-state index contributed by atoms with van der Waals surface area (Å²) in [5.41, 5.74) is 5.26. The highest BCUT2D eigenvalue weighted by Crippen LogP contribution is 2.29. The highest BCUT2D eigenvalue weighted by atomic mass is 16.5. The van der Waals surface area contributed by atoms with Crippen LogP contribution in [0.3, 0.4) is 0 Å². The topological polar surface area (TPSA) is 59.1 Å². The van der Waals surface area contributed by atoms with E-state index in [1.165, 1.54) is 19.3 Å². The summed E-state index contributed by atoms with van der Waals surface area (Å²) in [4.78, 5) is 0. The molecule has 1 unspecified atom stereocenters. The van der Waals surface area contributed by atoms with Gasteiger partial charge < -0.3 is 10.5 Å². The molecule has 12 heavy (non-hydrogen) atoms. The molecule has 1 atom stereocenters. The first-order valence-corrected chi connectivity index (χ1v) is 4.65. The van der Waals surface area contributed by atoms with E-state index in [4.69, 9.17) is 15.9 Å². The Labute approximate surface area is 73.8 Å². The van der Waals surface area contributed by atoms with E-state index in [0.29, 0.717) is 0 Å². The minimum absolute atomic E-state index is 0.128. The number of ether oxygens (including phenoxy) is 1. The first-order valence-electron chi connectivity index (χ1n) is 4.65. The lowest BCUT2D eigenvalue weighted by molar-refractivity contribution is 0.0851. The van der Waals surface area contributed by atoms with Crippen LogP contribution in [0.5, 0.6) is 0 Å². The smallest absolute Gasteiger partial charge is 0.120 e. The Kier molecular flexibility index (Phi) is 3.53. The average molecular weight is 170 g/mol. The second-order valence-corrected chi connectivity index (χ2v) is 3.55. The monoisotopic (exact) mass is 170 g/mol. The standard InChI is InChI=1S/C9H18N2O/c1-7(9(10)11)12-6-5-8-3-2-4-8/h7-8H,2-6H2,1H3,(H3,10,11). The van der Waals surface area contributed by atoms with E-state index in [2.05, 4.69) is 0 Å². The quantitative estimate of drug-likeness (QED) is 0.485.